The number of rotatable bonds is 8. The fourth-order valence-corrected chi connectivity index (χ4v) is 4.00. The number of thioether (sulfide) groups is 1. The highest BCUT2D eigenvalue weighted by atomic mass is 32.2. The fraction of sp³-hybridized carbons (Fsp3) is 0.353. The summed E-state index contributed by atoms with van der Waals surface area (Å²) in [5.74, 6) is -0.252. The van der Waals surface area contributed by atoms with Crippen LogP contribution in [0.25, 0.3) is 10.1 Å². The third-order valence-corrected chi connectivity index (χ3v) is 5.61. The van der Waals surface area contributed by atoms with Crippen molar-refractivity contribution in [1.29, 1.82) is 0 Å². The largest absolute Gasteiger partial charge is 0.456 e. The van der Waals surface area contributed by atoms with Gasteiger partial charge in [-0.1, -0.05) is 18.2 Å². The molecule has 0 bridgehead atoms. The zero-order chi connectivity index (χ0) is 18.4. The van der Waals surface area contributed by atoms with E-state index in [0.717, 1.165) is 15.6 Å². The number of benzene rings is 1. The zero-order valence-electron chi connectivity index (χ0n) is 14.0. The van der Waals surface area contributed by atoms with E-state index in [0.29, 0.717) is 17.1 Å². The van der Waals surface area contributed by atoms with Gasteiger partial charge in [0.15, 0.2) is 6.61 Å². The lowest BCUT2D eigenvalue weighted by atomic mass is 10.1. The van der Waals surface area contributed by atoms with Crippen LogP contribution in [0.3, 0.4) is 0 Å². The lowest BCUT2D eigenvalue weighted by Gasteiger charge is -2.15. The quantitative estimate of drug-likeness (QED) is 0.542. The number of urea groups is 1. The number of ether oxygens (including phenoxy) is 1. The maximum Gasteiger partial charge on any atom is 0.329 e. The molecule has 0 aliphatic rings. The van der Waals surface area contributed by atoms with Gasteiger partial charge in [0.1, 0.15) is 6.04 Å². The molecule has 0 saturated carbocycles. The number of primary amides is 1. The fourth-order valence-electron chi connectivity index (χ4n) is 2.40. The first-order valence-electron chi connectivity index (χ1n) is 7.67. The van der Waals surface area contributed by atoms with Crippen molar-refractivity contribution in [3.63, 3.8) is 0 Å². The number of ketones is 1. The predicted molar refractivity (Wildman–Crippen MR) is 101 cm³/mol. The summed E-state index contributed by atoms with van der Waals surface area (Å²) in [6.45, 7) is 1.52. The van der Waals surface area contributed by atoms with Crippen molar-refractivity contribution in [1.82, 2.24) is 5.32 Å². The minimum absolute atomic E-state index is 0.255. The molecule has 0 unspecified atom stereocenters. The van der Waals surface area contributed by atoms with Gasteiger partial charge in [0.05, 0.1) is 4.88 Å². The lowest BCUT2D eigenvalue weighted by Crippen LogP contribution is -2.45. The summed E-state index contributed by atoms with van der Waals surface area (Å²) in [5, 5.41) is 3.38. The highest BCUT2D eigenvalue weighted by Gasteiger charge is 2.23. The first-order valence-corrected chi connectivity index (χ1v) is 9.88. The number of hydrogen-bond donors (Lipinski definition) is 2. The third kappa shape index (κ3) is 4.96. The second-order valence-corrected chi connectivity index (χ2v) is 7.46. The first kappa shape index (κ1) is 19.3. The van der Waals surface area contributed by atoms with Gasteiger partial charge >= 0.3 is 12.0 Å². The number of amides is 2. The number of fused-ring (bicyclic) bond motifs is 1. The average molecular weight is 380 g/mol. The normalized spacial score (nSPS) is 11.9. The molecule has 1 atom stereocenters. The Morgan fingerprint density at radius 1 is 1.32 bits per heavy atom. The molecule has 0 saturated heterocycles. The van der Waals surface area contributed by atoms with Gasteiger partial charge in [-0.3, -0.25) is 4.79 Å². The molecule has 1 aromatic heterocycles. The molecule has 2 aromatic rings. The molecule has 8 heteroatoms. The van der Waals surface area contributed by atoms with Crippen LogP contribution in [0.2, 0.25) is 0 Å². The Morgan fingerprint density at radius 3 is 2.68 bits per heavy atom. The van der Waals surface area contributed by atoms with E-state index in [2.05, 4.69) is 5.32 Å². The van der Waals surface area contributed by atoms with Crippen molar-refractivity contribution in [2.24, 2.45) is 5.73 Å². The van der Waals surface area contributed by atoms with Crippen LogP contribution in [0.1, 0.15) is 21.7 Å². The number of carbonyl (C=O) groups excluding carboxylic acids is 3. The van der Waals surface area contributed by atoms with Gasteiger partial charge in [0.2, 0.25) is 5.78 Å². The maximum absolute atomic E-state index is 12.4. The molecule has 25 heavy (non-hydrogen) atoms. The maximum atomic E-state index is 12.4. The van der Waals surface area contributed by atoms with Crippen molar-refractivity contribution in [2.75, 3.05) is 18.6 Å². The summed E-state index contributed by atoms with van der Waals surface area (Å²) in [5.41, 5.74) is 5.97. The van der Waals surface area contributed by atoms with E-state index in [4.69, 9.17) is 10.5 Å². The Kier molecular flexibility index (Phi) is 6.83. The number of nitrogens with two attached hydrogens (primary N) is 1. The molecule has 3 N–H and O–H groups in total. The number of nitrogens with one attached hydrogen (secondary N) is 1. The molecule has 0 aliphatic heterocycles. The van der Waals surface area contributed by atoms with Crippen molar-refractivity contribution in [2.45, 2.75) is 19.4 Å². The van der Waals surface area contributed by atoms with E-state index < -0.39 is 18.0 Å². The van der Waals surface area contributed by atoms with Crippen LogP contribution < -0.4 is 11.1 Å². The Hall–Kier alpha value is -2.06. The summed E-state index contributed by atoms with van der Waals surface area (Å²) >= 11 is 2.92. The summed E-state index contributed by atoms with van der Waals surface area (Å²) in [7, 11) is 0. The molecular formula is C17H20N2O4S2. The van der Waals surface area contributed by atoms with Crippen LogP contribution in [0.4, 0.5) is 4.79 Å². The number of Topliss-reactive ketones (excluding diaryl/α,β-unsaturated/α-hetero) is 1. The standard InChI is InChI=1S/C17H20N2O4S2/c1-10-11-5-3-4-6-14(11)25-15(10)13(20)9-23-16(21)12(7-8-24-2)19-17(18)22/h3-6,12H,7-9H2,1-2H3,(H3,18,19,22)/t12-/m0/s1. The zero-order valence-corrected chi connectivity index (χ0v) is 15.7. The van der Waals surface area contributed by atoms with Gasteiger partial charge < -0.3 is 15.8 Å². The molecule has 0 fully saturated rings. The number of thiophene rings is 1. The molecule has 1 heterocycles. The van der Waals surface area contributed by atoms with Crippen molar-refractivity contribution in [3.05, 3.63) is 34.7 Å². The summed E-state index contributed by atoms with van der Waals surface area (Å²) in [4.78, 5) is 36.1. The SMILES string of the molecule is CSCC[C@H](NC(N)=O)C(=O)OCC(=O)c1sc2ccccc2c1C. The highest BCUT2D eigenvalue weighted by molar-refractivity contribution is 7.98. The van der Waals surface area contributed by atoms with Crippen LogP contribution in [-0.2, 0) is 9.53 Å². The van der Waals surface area contributed by atoms with Crippen LogP contribution in [0.5, 0.6) is 0 Å². The topological polar surface area (TPSA) is 98.5 Å². The van der Waals surface area contributed by atoms with Gasteiger partial charge in [0, 0.05) is 4.70 Å². The molecule has 6 nitrogen and oxygen atoms in total. The van der Waals surface area contributed by atoms with Crippen LogP contribution in [-0.4, -0.2) is 42.4 Å². The van der Waals surface area contributed by atoms with Gasteiger partial charge in [-0.05, 0) is 42.4 Å². The molecule has 1 aromatic carbocycles. The second-order valence-electron chi connectivity index (χ2n) is 5.43. The van der Waals surface area contributed by atoms with E-state index in [-0.39, 0.29) is 12.4 Å². The summed E-state index contributed by atoms with van der Waals surface area (Å²) in [6, 6.07) is 6.10. The number of carbonyl (C=O) groups is 3. The molecule has 2 amide bonds. The Balaban J connectivity index is 2.02. The predicted octanol–water partition coefficient (Wildman–Crippen LogP) is 2.73. The molecule has 0 aliphatic carbocycles. The van der Waals surface area contributed by atoms with Gasteiger partial charge in [-0.25, -0.2) is 9.59 Å². The molecule has 134 valence electrons. The Labute approximate surface area is 154 Å². The minimum atomic E-state index is -0.846. The smallest absolute Gasteiger partial charge is 0.329 e. The summed E-state index contributed by atoms with van der Waals surface area (Å²) < 4.78 is 6.12. The van der Waals surface area contributed by atoms with Gasteiger partial charge in [-0.15, -0.1) is 11.3 Å². The van der Waals surface area contributed by atoms with E-state index in [1.54, 1.807) is 0 Å². The number of aryl methyl sites for hydroxylation is 1. The van der Waals surface area contributed by atoms with Crippen LogP contribution >= 0.6 is 23.1 Å². The van der Waals surface area contributed by atoms with Crippen molar-refractivity contribution in [3.8, 4) is 0 Å². The van der Waals surface area contributed by atoms with Gasteiger partial charge in [-0.2, -0.15) is 11.8 Å². The van der Waals surface area contributed by atoms with Gasteiger partial charge in [0.25, 0.3) is 0 Å². The van der Waals surface area contributed by atoms with E-state index in [9.17, 15) is 14.4 Å². The van der Waals surface area contributed by atoms with E-state index in [1.807, 2.05) is 37.4 Å². The molecule has 2 rings (SSSR count). The average Bonchev–Trinajstić information content (AvgIpc) is 2.93. The van der Waals surface area contributed by atoms with Crippen molar-refractivity contribution >= 4 is 51.0 Å². The second kappa shape index (κ2) is 8.87. The van der Waals surface area contributed by atoms with E-state index in [1.165, 1.54) is 23.1 Å². The molecular weight excluding hydrogens is 360 g/mol. The number of esters is 1. The Morgan fingerprint density at radius 2 is 2.04 bits per heavy atom. The highest BCUT2D eigenvalue weighted by Crippen LogP contribution is 2.30. The third-order valence-electron chi connectivity index (χ3n) is 3.65. The van der Waals surface area contributed by atoms with Crippen LogP contribution in [0.15, 0.2) is 24.3 Å². The molecule has 0 spiro atoms. The summed E-state index contributed by atoms with van der Waals surface area (Å²) in [6.07, 6.45) is 2.28. The monoisotopic (exact) mass is 380 g/mol. The van der Waals surface area contributed by atoms with E-state index >= 15 is 0 Å². The first-order chi connectivity index (χ1) is 11.9. The molecule has 0 radical (unpaired) electrons. The minimum Gasteiger partial charge on any atom is -0.456 e. The van der Waals surface area contributed by atoms with Crippen molar-refractivity contribution < 1.29 is 19.1 Å². The Bertz CT molecular complexity index is 788. The lowest BCUT2D eigenvalue weighted by molar-refractivity contribution is -0.144. The number of hydrogen-bond acceptors (Lipinski definition) is 6. The van der Waals surface area contributed by atoms with Crippen LogP contribution in [0, 0.1) is 6.92 Å².